The monoisotopic (exact) mass is 226 g/mol. The van der Waals surface area contributed by atoms with Gasteiger partial charge in [0, 0.05) is 5.56 Å². The number of benzene rings is 1. The van der Waals surface area contributed by atoms with Crippen LogP contribution in [0.5, 0.6) is 0 Å². The van der Waals surface area contributed by atoms with Gasteiger partial charge >= 0.3 is 0 Å². The van der Waals surface area contributed by atoms with Crippen molar-refractivity contribution in [1.82, 2.24) is 5.16 Å². The zero-order chi connectivity index (χ0) is 11.0. The lowest BCUT2D eigenvalue weighted by Crippen LogP contribution is -1.85. The molecule has 0 saturated heterocycles. The summed E-state index contributed by atoms with van der Waals surface area (Å²) in [6.07, 6.45) is 0. The zero-order valence-electron chi connectivity index (χ0n) is 7.92. The highest BCUT2D eigenvalue weighted by molar-refractivity contribution is 6.35. The first kappa shape index (κ1) is 9.98. The number of aromatic nitrogens is 1. The molecule has 78 valence electrons. The summed E-state index contributed by atoms with van der Waals surface area (Å²) >= 11 is 5.86. The fourth-order valence-corrected chi connectivity index (χ4v) is 1.44. The summed E-state index contributed by atoms with van der Waals surface area (Å²) in [5, 5.41) is 3.95. The number of anilines is 1. The van der Waals surface area contributed by atoms with Crippen molar-refractivity contribution in [1.29, 1.82) is 0 Å². The maximum absolute atomic E-state index is 13.0. The Bertz CT molecular complexity index is 510. The molecular weight excluding hydrogens is 219 g/mol. The third-order valence-electron chi connectivity index (χ3n) is 2.09. The van der Waals surface area contributed by atoms with E-state index in [1.54, 1.807) is 19.1 Å². The van der Waals surface area contributed by atoms with Gasteiger partial charge in [-0.05, 0) is 30.7 Å². The molecule has 0 aliphatic rings. The molecular formula is C10H8ClFN2O. The molecule has 1 aromatic carbocycles. The van der Waals surface area contributed by atoms with Crippen LogP contribution in [0.4, 0.5) is 10.3 Å². The Morgan fingerprint density at radius 3 is 2.73 bits per heavy atom. The summed E-state index contributed by atoms with van der Waals surface area (Å²) in [5.74, 6) is -0.208. The normalized spacial score (nSPS) is 10.6. The van der Waals surface area contributed by atoms with E-state index in [0.717, 1.165) is 0 Å². The van der Waals surface area contributed by atoms with Crippen LogP contribution in [0.25, 0.3) is 11.3 Å². The zero-order valence-corrected chi connectivity index (χ0v) is 8.68. The second kappa shape index (κ2) is 3.55. The van der Waals surface area contributed by atoms with Gasteiger partial charge in [0.25, 0.3) is 0 Å². The largest absolute Gasteiger partial charge is 0.366 e. The molecule has 0 amide bonds. The van der Waals surface area contributed by atoms with Gasteiger partial charge in [0.05, 0.1) is 0 Å². The fraction of sp³-hybridized carbons (Fsp3) is 0.100. The molecule has 0 atom stereocenters. The Morgan fingerprint density at radius 2 is 2.20 bits per heavy atom. The second-order valence-electron chi connectivity index (χ2n) is 3.17. The summed E-state index contributed by atoms with van der Waals surface area (Å²) in [4.78, 5) is 0. The molecule has 15 heavy (non-hydrogen) atoms. The summed E-state index contributed by atoms with van der Waals surface area (Å²) < 4.78 is 17.7. The maximum Gasteiger partial charge on any atom is 0.241 e. The first-order valence-electron chi connectivity index (χ1n) is 4.26. The quantitative estimate of drug-likeness (QED) is 0.813. The first-order valence-corrected chi connectivity index (χ1v) is 4.64. The highest BCUT2D eigenvalue weighted by atomic mass is 35.5. The van der Waals surface area contributed by atoms with Gasteiger partial charge in [0.1, 0.15) is 16.5 Å². The number of nitrogens with zero attached hydrogens (tertiary/aromatic N) is 1. The molecule has 0 aliphatic heterocycles. The topological polar surface area (TPSA) is 52.0 Å². The van der Waals surface area contributed by atoms with Gasteiger partial charge in [0.15, 0.2) is 0 Å². The van der Waals surface area contributed by atoms with Gasteiger partial charge in [-0.15, -0.1) is 0 Å². The fourth-order valence-electron chi connectivity index (χ4n) is 1.26. The van der Waals surface area contributed by atoms with Gasteiger partial charge in [-0.1, -0.05) is 16.8 Å². The van der Waals surface area contributed by atoms with E-state index >= 15 is 0 Å². The van der Waals surface area contributed by atoms with Crippen molar-refractivity contribution in [2.45, 2.75) is 6.92 Å². The molecule has 0 radical (unpaired) electrons. The summed E-state index contributed by atoms with van der Waals surface area (Å²) in [6.45, 7) is 1.66. The molecule has 0 unspecified atom stereocenters. The summed E-state index contributed by atoms with van der Waals surface area (Å²) in [5.41, 5.74) is 7.04. The van der Waals surface area contributed by atoms with Crippen molar-refractivity contribution in [2.24, 2.45) is 0 Å². The molecule has 0 saturated carbocycles. The molecule has 2 aromatic rings. The molecule has 1 aromatic heterocycles. The lowest BCUT2D eigenvalue weighted by Gasteiger charge is -1.99. The van der Waals surface area contributed by atoms with Crippen LogP contribution in [0.1, 0.15) is 5.56 Å². The van der Waals surface area contributed by atoms with Crippen molar-refractivity contribution in [3.8, 4) is 11.3 Å². The SMILES string of the molecule is Cc1cc(-c2noc(N)c2Cl)ccc1F. The van der Waals surface area contributed by atoms with Gasteiger partial charge < -0.3 is 10.3 Å². The number of hydrogen-bond donors (Lipinski definition) is 1. The Kier molecular flexibility index (Phi) is 2.36. The molecule has 2 N–H and O–H groups in total. The average molecular weight is 227 g/mol. The van der Waals surface area contributed by atoms with E-state index in [1.165, 1.54) is 6.07 Å². The molecule has 0 bridgehead atoms. The number of rotatable bonds is 1. The number of aryl methyl sites for hydroxylation is 1. The summed E-state index contributed by atoms with van der Waals surface area (Å²) in [6, 6.07) is 4.57. The Labute approximate surface area is 90.6 Å². The second-order valence-corrected chi connectivity index (χ2v) is 3.55. The molecule has 0 fully saturated rings. The molecule has 1 heterocycles. The van der Waals surface area contributed by atoms with Crippen LogP contribution in [0.3, 0.4) is 0 Å². The smallest absolute Gasteiger partial charge is 0.241 e. The van der Waals surface area contributed by atoms with Crippen LogP contribution in [0, 0.1) is 12.7 Å². The Hall–Kier alpha value is -1.55. The first-order chi connectivity index (χ1) is 7.09. The molecule has 2 rings (SSSR count). The minimum Gasteiger partial charge on any atom is -0.366 e. The van der Waals surface area contributed by atoms with E-state index in [4.69, 9.17) is 21.9 Å². The Morgan fingerprint density at radius 1 is 1.47 bits per heavy atom. The number of nitrogens with two attached hydrogens (primary N) is 1. The van der Waals surface area contributed by atoms with Gasteiger partial charge in [-0.2, -0.15) is 0 Å². The van der Waals surface area contributed by atoms with E-state index in [1.807, 2.05) is 0 Å². The third-order valence-corrected chi connectivity index (χ3v) is 2.46. The van der Waals surface area contributed by atoms with Crippen LogP contribution in [0.15, 0.2) is 22.7 Å². The van der Waals surface area contributed by atoms with E-state index in [0.29, 0.717) is 16.8 Å². The van der Waals surface area contributed by atoms with Gasteiger partial charge in [0.2, 0.25) is 5.88 Å². The molecule has 0 aliphatic carbocycles. The van der Waals surface area contributed by atoms with Crippen LogP contribution < -0.4 is 5.73 Å². The van der Waals surface area contributed by atoms with Gasteiger partial charge in [-0.25, -0.2) is 4.39 Å². The van der Waals surface area contributed by atoms with Crippen molar-refractivity contribution < 1.29 is 8.91 Å². The van der Waals surface area contributed by atoms with Crippen LogP contribution in [-0.4, -0.2) is 5.16 Å². The third kappa shape index (κ3) is 1.68. The number of nitrogen functional groups attached to an aromatic ring is 1. The molecule has 3 nitrogen and oxygen atoms in total. The van der Waals surface area contributed by atoms with E-state index in [2.05, 4.69) is 5.16 Å². The minimum atomic E-state index is -0.272. The van der Waals surface area contributed by atoms with Crippen LogP contribution >= 0.6 is 11.6 Å². The van der Waals surface area contributed by atoms with E-state index in [9.17, 15) is 4.39 Å². The highest BCUT2D eigenvalue weighted by Gasteiger charge is 2.13. The molecule has 5 heteroatoms. The number of hydrogen-bond acceptors (Lipinski definition) is 3. The van der Waals surface area contributed by atoms with E-state index < -0.39 is 0 Å². The highest BCUT2D eigenvalue weighted by Crippen LogP contribution is 2.32. The van der Waals surface area contributed by atoms with Crippen molar-refractivity contribution in [3.63, 3.8) is 0 Å². The summed E-state index contributed by atoms with van der Waals surface area (Å²) in [7, 11) is 0. The van der Waals surface area contributed by atoms with Crippen LogP contribution in [0.2, 0.25) is 5.02 Å². The van der Waals surface area contributed by atoms with Gasteiger partial charge in [-0.3, -0.25) is 0 Å². The Balaban J connectivity index is 2.55. The van der Waals surface area contributed by atoms with Crippen molar-refractivity contribution in [3.05, 3.63) is 34.6 Å². The predicted octanol–water partition coefficient (Wildman–Crippen LogP) is 3.02. The average Bonchev–Trinajstić information content (AvgIpc) is 2.53. The van der Waals surface area contributed by atoms with Crippen LogP contribution in [-0.2, 0) is 0 Å². The minimum absolute atomic E-state index is 0.0636. The molecule has 0 spiro atoms. The van der Waals surface area contributed by atoms with E-state index in [-0.39, 0.29) is 16.7 Å². The lowest BCUT2D eigenvalue weighted by molar-refractivity contribution is 0.439. The lowest BCUT2D eigenvalue weighted by atomic mass is 10.1. The maximum atomic E-state index is 13.0. The number of halogens is 2. The standard InChI is InChI=1S/C10H8ClFN2O/c1-5-4-6(2-3-7(5)12)9-8(11)10(13)15-14-9/h2-4H,13H2,1H3. The van der Waals surface area contributed by atoms with Crippen molar-refractivity contribution >= 4 is 17.5 Å². The predicted molar refractivity (Wildman–Crippen MR) is 56.1 cm³/mol. The van der Waals surface area contributed by atoms with Crippen molar-refractivity contribution in [2.75, 3.05) is 5.73 Å².